The summed E-state index contributed by atoms with van der Waals surface area (Å²) in [4.78, 5) is 0.0995. The van der Waals surface area contributed by atoms with E-state index in [1.807, 2.05) is 0 Å². The first-order valence-electron chi connectivity index (χ1n) is 6.95. The first kappa shape index (κ1) is 18.4. The third kappa shape index (κ3) is 4.11. The molecule has 2 rings (SSSR count). The molecule has 6 nitrogen and oxygen atoms in total. The second kappa shape index (κ2) is 7.74. The van der Waals surface area contributed by atoms with Crippen LogP contribution in [0.15, 0.2) is 41.3 Å². The Hall–Kier alpha value is -1.96. The van der Waals surface area contributed by atoms with Crippen LogP contribution in [0.5, 0.6) is 17.2 Å². The molecule has 8 heteroatoms. The molecular formula is C16H18ClNO5S. The molecule has 130 valence electrons. The smallest absolute Gasteiger partial charge is 0.240 e. The van der Waals surface area contributed by atoms with Gasteiger partial charge in [0.25, 0.3) is 0 Å². The van der Waals surface area contributed by atoms with Crippen molar-refractivity contribution in [1.29, 1.82) is 0 Å². The molecule has 0 aliphatic rings. The van der Waals surface area contributed by atoms with Gasteiger partial charge in [0, 0.05) is 11.6 Å². The van der Waals surface area contributed by atoms with Gasteiger partial charge in [-0.25, -0.2) is 13.1 Å². The number of benzene rings is 2. The Labute approximate surface area is 146 Å². The molecule has 0 aliphatic carbocycles. The van der Waals surface area contributed by atoms with E-state index in [0.717, 1.165) is 0 Å². The predicted molar refractivity (Wildman–Crippen MR) is 91.6 cm³/mol. The average molecular weight is 372 g/mol. The third-order valence-corrected chi connectivity index (χ3v) is 4.93. The highest BCUT2D eigenvalue weighted by Crippen LogP contribution is 2.38. The number of hydrogen-bond donors (Lipinski definition) is 1. The van der Waals surface area contributed by atoms with Crippen LogP contribution < -0.4 is 18.9 Å². The average Bonchev–Trinajstić information content (AvgIpc) is 2.59. The van der Waals surface area contributed by atoms with Gasteiger partial charge in [0.2, 0.25) is 15.8 Å². The van der Waals surface area contributed by atoms with Gasteiger partial charge in [0.05, 0.1) is 26.2 Å². The molecule has 24 heavy (non-hydrogen) atoms. The molecule has 0 saturated heterocycles. The highest BCUT2D eigenvalue weighted by Gasteiger charge is 2.17. The zero-order valence-electron chi connectivity index (χ0n) is 13.5. The monoisotopic (exact) mass is 371 g/mol. The minimum Gasteiger partial charge on any atom is -0.493 e. The Kier molecular flexibility index (Phi) is 5.93. The Morgan fingerprint density at radius 3 is 2.12 bits per heavy atom. The van der Waals surface area contributed by atoms with Gasteiger partial charge >= 0.3 is 0 Å². The molecule has 0 aliphatic heterocycles. The van der Waals surface area contributed by atoms with Crippen molar-refractivity contribution in [3.8, 4) is 17.2 Å². The van der Waals surface area contributed by atoms with E-state index in [4.69, 9.17) is 25.8 Å². The predicted octanol–water partition coefficient (Wildman–Crippen LogP) is 2.84. The maximum Gasteiger partial charge on any atom is 0.240 e. The standard InChI is InChI=1S/C16H18ClNO5S/c1-21-14-7-11(8-15(22-2)16(14)23-3)10-18-24(19,20)13-6-4-5-12(17)9-13/h4-9,18H,10H2,1-3H3. The SMILES string of the molecule is COc1cc(CNS(=O)(=O)c2cccc(Cl)c2)cc(OC)c1OC. The fourth-order valence-corrected chi connectivity index (χ4v) is 3.45. The summed E-state index contributed by atoms with van der Waals surface area (Å²) in [5.74, 6) is 1.35. The maximum atomic E-state index is 12.3. The lowest BCUT2D eigenvalue weighted by Crippen LogP contribution is -2.23. The van der Waals surface area contributed by atoms with Gasteiger partial charge in [-0.2, -0.15) is 0 Å². The van der Waals surface area contributed by atoms with Crippen molar-refractivity contribution in [3.63, 3.8) is 0 Å². The summed E-state index contributed by atoms with van der Waals surface area (Å²) in [5.41, 5.74) is 0.662. The highest BCUT2D eigenvalue weighted by molar-refractivity contribution is 7.89. The van der Waals surface area contributed by atoms with E-state index in [1.165, 1.54) is 33.5 Å². The Morgan fingerprint density at radius 2 is 1.62 bits per heavy atom. The van der Waals surface area contributed by atoms with Gasteiger partial charge in [-0.1, -0.05) is 17.7 Å². The lowest BCUT2D eigenvalue weighted by atomic mass is 10.2. The van der Waals surface area contributed by atoms with Crippen molar-refractivity contribution in [3.05, 3.63) is 47.0 Å². The summed E-state index contributed by atoms with van der Waals surface area (Å²) < 4.78 is 42.9. The van der Waals surface area contributed by atoms with Crippen LogP contribution in [0.25, 0.3) is 0 Å². The van der Waals surface area contributed by atoms with Gasteiger partial charge in [-0.15, -0.1) is 0 Å². The summed E-state index contributed by atoms with van der Waals surface area (Å²) in [6.07, 6.45) is 0. The Bertz CT molecular complexity index is 798. The zero-order valence-corrected chi connectivity index (χ0v) is 15.1. The van der Waals surface area contributed by atoms with Gasteiger partial charge in [-0.3, -0.25) is 0 Å². The van der Waals surface area contributed by atoms with Crippen LogP contribution in [-0.2, 0) is 16.6 Å². The molecule has 0 bridgehead atoms. The summed E-state index contributed by atoms with van der Waals surface area (Å²) in [6.45, 7) is 0.0611. The lowest BCUT2D eigenvalue weighted by molar-refractivity contribution is 0.323. The van der Waals surface area contributed by atoms with E-state index >= 15 is 0 Å². The van der Waals surface area contributed by atoms with Crippen LogP contribution in [0, 0.1) is 0 Å². The molecule has 0 heterocycles. The molecule has 0 atom stereocenters. The van der Waals surface area contributed by atoms with E-state index < -0.39 is 10.0 Å². The maximum absolute atomic E-state index is 12.3. The van der Waals surface area contributed by atoms with Crippen molar-refractivity contribution in [2.24, 2.45) is 0 Å². The number of sulfonamides is 1. The van der Waals surface area contributed by atoms with E-state index in [2.05, 4.69) is 4.72 Å². The number of halogens is 1. The molecule has 2 aromatic carbocycles. The van der Waals surface area contributed by atoms with Gasteiger partial charge < -0.3 is 14.2 Å². The Morgan fingerprint density at radius 1 is 1.00 bits per heavy atom. The molecular weight excluding hydrogens is 354 g/mol. The van der Waals surface area contributed by atoms with Gasteiger partial charge in [0.15, 0.2) is 11.5 Å². The molecule has 2 aromatic rings. The van der Waals surface area contributed by atoms with Crippen LogP contribution in [-0.4, -0.2) is 29.7 Å². The minimum absolute atomic E-state index is 0.0611. The summed E-state index contributed by atoms with van der Waals surface area (Å²) in [6, 6.07) is 9.42. The van der Waals surface area contributed by atoms with Crippen LogP contribution in [0.2, 0.25) is 5.02 Å². The largest absolute Gasteiger partial charge is 0.493 e. The fraction of sp³-hybridized carbons (Fsp3) is 0.250. The van der Waals surface area contributed by atoms with E-state index in [9.17, 15) is 8.42 Å². The number of nitrogens with one attached hydrogen (secondary N) is 1. The van der Waals surface area contributed by atoms with Crippen molar-refractivity contribution < 1.29 is 22.6 Å². The summed E-state index contributed by atoms with van der Waals surface area (Å²) in [5, 5.41) is 0.352. The van der Waals surface area contributed by atoms with Crippen molar-refractivity contribution in [1.82, 2.24) is 4.72 Å². The number of ether oxygens (including phenoxy) is 3. The second-order valence-electron chi connectivity index (χ2n) is 4.82. The van der Waals surface area contributed by atoms with Gasteiger partial charge in [-0.05, 0) is 35.9 Å². The van der Waals surface area contributed by atoms with Crippen molar-refractivity contribution in [2.45, 2.75) is 11.4 Å². The Balaban J connectivity index is 2.25. The molecule has 0 saturated carbocycles. The summed E-state index contributed by atoms with van der Waals surface area (Å²) in [7, 11) is 0.813. The molecule has 0 radical (unpaired) electrons. The quantitative estimate of drug-likeness (QED) is 0.810. The normalized spacial score (nSPS) is 11.2. The van der Waals surface area contributed by atoms with Crippen LogP contribution in [0.1, 0.15) is 5.56 Å². The second-order valence-corrected chi connectivity index (χ2v) is 7.02. The third-order valence-electron chi connectivity index (χ3n) is 3.30. The van der Waals surface area contributed by atoms with E-state index in [-0.39, 0.29) is 11.4 Å². The number of methoxy groups -OCH3 is 3. The van der Waals surface area contributed by atoms with Crippen LogP contribution in [0.3, 0.4) is 0 Å². The van der Waals surface area contributed by atoms with Crippen molar-refractivity contribution >= 4 is 21.6 Å². The first-order chi connectivity index (χ1) is 11.4. The van der Waals surface area contributed by atoms with E-state index in [1.54, 1.807) is 24.3 Å². The minimum atomic E-state index is -3.68. The first-order valence-corrected chi connectivity index (χ1v) is 8.81. The topological polar surface area (TPSA) is 73.9 Å². The van der Waals surface area contributed by atoms with Gasteiger partial charge in [0.1, 0.15) is 0 Å². The molecule has 0 aromatic heterocycles. The number of rotatable bonds is 7. The number of hydrogen-bond acceptors (Lipinski definition) is 5. The van der Waals surface area contributed by atoms with E-state index in [0.29, 0.717) is 27.8 Å². The zero-order chi connectivity index (χ0) is 17.7. The molecule has 1 N–H and O–H groups in total. The summed E-state index contributed by atoms with van der Waals surface area (Å²) >= 11 is 5.84. The molecule has 0 fully saturated rings. The highest BCUT2D eigenvalue weighted by atomic mass is 35.5. The molecule has 0 spiro atoms. The molecule has 0 amide bonds. The lowest BCUT2D eigenvalue weighted by Gasteiger charge is -2.14. The molecule has 0 unspecified atom stereocenters. The van der Waals surface area contributed by atoms with Crippen molar-refractivity contribution in [2.75, 3.05) is 21.3 Å². The van der Waals surface area contributed by atoms with Crippen LogP contribution >= 0.6 is 11.6 Å². The fourth-order valence-electron chi connectivity index (χ4n) is 2.13. The van der Waals surface area contributed by atoms with Crippen LogP contribution in [0.4, 0.5) is 0 Å².